The minimum Gasteiger partial charge on any atom is -0.392 e. The first kappa shape index (κ1) is 23.2. The summed E-state index contributed by atoms with van der Waals surface area (Å²) in [5, 5.41) is 20.5. The predicted molar refractivity (Wildman–Crippen MR) is 129 cm³/mol. The van der Waals surface area contributed by atoms with Gasteiger partial charge in [0.1, 0.15) is 0 Å². The van der Waals surface area contributed by atoms with Crippen molar-refractivity contribution in [2.75, 3.05) is 11.5 Å². The van der Waals surface area contributed by atoms with E-state index in [1.54, 1.807) is 23.5 Å². The zero-order valence-corrected chi connectivity index (χ0v) is 18.4. The number of hydrogen-bond donors (Lipinski definition) is 3. The third-order valence-electron chi connectivity index (χ3n) is 4.20. The van der Waals surface area contributed by atoms with Gasteiger partial charge in [-0.15, -0.1) is 23.5 Å². The predicted octanol–water partition coefficient (Wildman–Crippen LogP) is 5.66. The second kappa shape index (κ2) is 12.5. The van der Waals surface area contributed by atoms with Crippen LogP contribution in [0.5, 0.6) is 0 Å². The lowest BCUT2D eigenvalue weighted by Crippen LogP contribution is -2.22. The van der Waals surface area contributed by atoms with Crippen molar-refractivity contribution in [2.45, 2.75) is 40.1 Å². The van der Waals surface area contributed by atoms with E-state index in [9.17, 15) is 10.2 Å². The third-order valence-corrected chi connectivity index (χ3v) is 6.94. The first-order chi connectivity index (χ1) is 13.5. The molecule has 0 aliphatic carbocycles. The van der Waals surface area contributed by atoms with Gasteiger partial charge in [-0.2, -0.15) is 12.6 Å². The van der Waals surface area contributed by atoms with Crippen LogP contribution in [-0.4, -0.2) is 39.2 Å². The van der Waals surface area contributed by atoms with Gasteiger partial charge in [-0.1, -0.05) is 49.6 Å². The molecule has 2 N–H and O–H groups in total. The van der Waals surface area contributed by atoms with Crippen molar-refractivity contribution in [1.29, 1.82) is 0 Å². The second-order valence-electron chi connectivity index (χ2n) is 6.60. The van der Waals surface area contributed by atoms with E-state index in [4.69, 9.17) is 0 Å². The van der Waals surface area contributed by atoms with Crippen LogP contribution in [0.3, 0.4) is 0 Å². The Morgan fingerprint density at radius 1 is 0.750 bits per heavy atom. The highest BCUT2D eigenvalue weighted by Gasteiger charge is 2.16. The fourth-order valence-corrected chi connectivity index (χ4v) is 4.83. The Bertz CT molecular complexity index is 665. The smallest absolute Gasteiger partial charge is 0.0644 e. The van der Waals surface area contributed by atoms with Gasteiger partial charge in [-0.3, -0.25) is 0 Å². The maximum atomic E-state index is 10.3. The molecule has 5 heteroatoms. The molecular weight excluding hydrogens is 404 g/mol. The number of aliphatic hydroxyl groups excluding tert-OH is 2. The SMILES string of the molecule is C=Cc1ccc(SCC(O)CC(S)CC(O)CSc2ccc(C=C)cc2)cc1. The maximum absolute atomic E-state index is 10.3. The molecule has 0 heterocycles. The minimum absolute atomic E-state index is 0.0301. The molecule has 0 aliphatic rings. The lowest BCUT2D eigenvalue weighted by atomic mass is 10.1. The van der Waals surface area contributed by atoms with E-state index in [0.717, 1.165) is 20.9 Å². The van der Waals surface area contributed by atoms with Crippen LogP contribution in [0.1, 0.15) is 24.0 Å². The Hall–Kier alpha value is -1.11. The molecule has 2 aromatic rings. The molecule has 0 saturated heterocycles. The molecule has 0 saturated carbocycles. The van der Waals surface area contributed by atoms with Crippen LogP contribution >= 0.6 is 36.2 Å². The molecule has 0 fully saturated rings. The van der Waals surface area contributed by atoms with Crippen LogP contribution in [0.15, 0.2) is 71.5 Å². The Balaban J connectivity index is 1.66. The Morgan fingerprint density at radius 3 is 1.43 bits per heavy atom. The average molecular weight is 433 g/mol. The van der Waals surface area contributed by atoms with Crippen LogP contribution in [0.25, 0.3) is 12.2 Å². The van der Waals surface area contributed by atoms with E-state index in [1.165, 1.54) is 0 Å². The van der Waals surface area contributed by atoms with E-state index in [0.29, 0.717) is 24.3 Å². The minimum atomic E-state index is -0.446. The second-order valence-corrected chi connectivity index (χ2v) is 9.52. The van der Waals surface area contributed by atoms with Gasteiger partial charge in [0.25, 0.3) is 0 Å². The molecule has 0 radical (unpaired) electrons. The molecule has 0 spiro atoms. The van der Waals surface area contributed by atoms with Gasteiger partial charge in [0, 0.05) is 26.5 Å². The summed E-state index contributed by atoms with van der Waals surface area (Å²) in [6.45, 7) is 7.50. The average Bonchev–Trinajstić information content (AvgIpc) is 2.71. The first-order valence-corrected chi connectivity index (χ1v) is 11.7. The largest absolute Gasteiger partial charge is 0.392 e. The van der Waals surface area contributed by atoms with Gasteiger partial charge >= 0.3 is 0 Å². The summed E-state index contributed by atoms with van der Waals surface area (Å²) in [5.41, 5.74) is 2.17. The van der Waals surface area contributed by atoms with Gasteiger partial charge in [-0.25, -0.2) is 0 Å². The van der Waals surface area contributed by atoms with Crippen molar-refractivity contribution < 1.29 is 10.2 Å². The number of aliphatic hydroxyl groups is 2. The molecule has 2 aromatic carbocycles. The normalized spacial score (nSPS) is 14.2. The van der Waals surface area contributed by atoms with Crippen LogP contribution in [0.2, 0.25) is 0 Å². The zero-order valence-electron chi connectivity index (χ0n) is 15.9. The molecule has 0 bridgehead atoms. The summed E-state index contributed by atoms with van der Waals surface area (Å²) in [5.74, 6) is 1.23. The highest BCUT2D eigenvalue weighted by molar-refractivity contribution is 7.99. The van der Waals surface area contributed by atoms with E-state index >= 15 is 0 Å². The Morgan fingerprint density at radius 2 is 1.11 bits per heavy atom. The highest BCUT2D eigenvalue weighted by atomic mass is 32.2. The molecular formula is C23H28O2S3. The lowest BCUT2D eigenvalue weighted by Gasteiger charge is -2.18. The molecule has 150 valence electrons. The quantitative estimate of drug-likeness (QED) is 0.299. The summed E-state index contributed by atoms with van der Waals surface area (Å²) in [6, 6.07) is 16.2. The van der Waals surface area contributed by atoms with Gasteiger partial charge < -0.3 is 10.2 Å². The Labute approximate surface area is 182 Å². The fraction of sp³-hybridized carbons (Fsp3) is 0.304. The third kappa shape index (κ3) is 8.50. The van der Waals surface area contributed by atoms with E-state index in [1.807, 2.05) is 60.7 Å². The Kier molecular flexibility index (Phi) is 10.3. The molecule has 0 aliphatic heterocycles. The molecule has 2 atom stereocenters. The van der Waals surface area contributed by atoms with Crippen molar-refractivity contribution in [2.24, 2.45) is 0 Å². The van der Waals surface area contributed by atoms with Crippen LogP contribution in [0, 0.1) is 0 Å². The van der Waals surface area contributed by atoms with Crippen LogP contribution in [-0.2, 0) is 0 Å². The van der Waals surface area contributed by atoms with Gasteiger partial charge in [-0.05, 0) is 48.2 Å². The van der Waals surface area contributed by atoms with E-state index < -0.39 is 12.2 Å². The van der Waals surface area contributed by atoms with Gasteiger partial charge in [0.2, 0.25) is 0 Å². The topological polar surface area (TPSA) is 40.5 Å². The lowest BCUT2D eigenvalue weighted by molar-refractivity contribution is 0.161. The molecule has 2 nitrogen and oxygen atoms in total. The zero-order chi connectivity index (χ0) is 20.4. The van der Waals surface area contributed by atoms with Crippen molar-refractivity contribution in [1.82, 2.24) is 0 Å². The van der Waals surface area contributed by atoms with Crippen molar-refractivity contribution >= 4 is 48.3 Å². The van der Waals surface area contributed by atoms with Crippen LogP contribution < -0.4 is 0 Å². The molecule has 0 amide bonds. The molecule has 28 heavy (non-hydrogen) atoms. The standard InChI is InChI=1S/C23H28O2S3/c1-3-17-5-9-22(10-6-17)27-15-19(24)13-21(26)14-20(25)16-28-23-11-7-18(4-2)8-12-23/h3-12,19-21,24-26H,1-2,13-16H2. The number of benzene rings is 2. The summed E-state index contributed by atoms with van der Waals surface area (Å²) < 4.78 is 0. The molecule has 0 aromatic heterocycles. The van der Waals surface area contributed by atoms with Gasteiger partial charge in [0.15, 0.2) is 0 Å². The van der Waals surface area contributed by atoms with E-state index in [2.05, 4.69) is 25.8 Å². The summed E-state index contributed by atoms with van der Waals surface area (Å²) in [4.78, 5) is 2.25. The molecule has 2 rings (SSSR count). The maximum Gasteiger partial charge on any atom is 0.0644 e. The first-order valence-electron chi connectivity index (χ1n) is 9.25. The van der Waals surface area contributed by atoms with Crippen LogP contribution in [0.4, 0.5) is 0 Å². The van der Waals surface area contributed by atoms with Crippen molar-refractivity contribution in [3.8, 4) is 0 Å². The fourth-order valence-electron chi connectivity index (χ4n) is 2.65. The van der Waals surface area contributed by atoms with Crippen molar-refractivity contribution in [3.05, 3.63) is 72.8 Å². The summed E-state index contributed by atoms with van der Waals surface area (Å²) >= 11 is 7.82. The van der Waals surface area contributed by atoms with Crippen molar-refractivity contribution in [3.63, 3.8) is 0 Å². The number of rotatable bonds is 12. The number of thiol groups is 1. The van der Waals surface area contributed by atoms with E-state index in [-0.39, 0.29) is 5.25 Å². The summed E-state index contributed by atoms with van der Waals surface area (Å²) in [6.07, 6.45) is 3.87. The monoisotopic (exact) mass is 432 g/mol. The molecule has 2 unspecified atom stereocenters. The summed E-state index contributed by atoms with van der Waals surface area (Å²) in [7, 11) is 0. The highest BCUT2D eigenvalue weighted by Crippen LogP contribution is 2.24. The number of hydrogen-bond acceptors (Lipinski definition) is 5. The van der Waals surface area contributed by atoms with Gasteiger partial charge in [0.05, 0.1) is 12.2 Å². The number of thioether (sulfide) groups is 2.